The molecule has 0 atom stereocenters. The zero-order valence-corrected chi connectivity index (χ0v) is 7.88. The van der Waals surface area contributed by atoms with Gasteiger partial charge in [-0.3, -0.25) is 9.59 Å². The molecule has 72 valence electrons. The number of nitrogens with one attached hydrogen (secondary N) is 1. The topological polar surface area (TPSA) is 46.2 Å². The minimum atomic E-state index is -0.0673. The van der Waals surface area contributed by atoms with E-state index in [1.54, 1.807) is 0 Å². The van der Waals surface area contributed by atoms with Crippen LogP contribution in [-0.2, 0) is 9.59 Å². The first kappa shape index (κ1) is 10.1. The van der Waals surface area contributed by atoms with Crippen LogP contribution in [-0.4, -0.2) is 24.7 Å². The van der Waals surface area contributed by atoms with Crippen LogP contribution in [0, 0.1) is 5.92 Å². The van der Waals surface area contributed by atoms with Gasteiger partial charge in [0, 0.05) is 5.92 Å². The third kappa shape index (κ3) is 3.51. The van der Waals surface area contributed by atoms with Crippen LogP contribution in [0.3, 0.4) is 0 Å². The molecule has 0 spiro atoms. The van der Waals surface area contributed by atoms with Crippen molar-refractivity contribution in [2.24, 2.45) is 5.92 Å². The predicted molar refractivity (Wildman–Crippen MR) is 50.4 cm³/mol. The lowest BCUT2D eigenvalue weighted by atomic mass is 9.93. The fourth-order valence-electron chi connectivity index (χ4n) is 1.44. The highest BCUT2D eigenvalue weighted by Gasteiger charge is 2.18. The lowest BCUT2D eigenvalue weighted by Crippen LogP contribution is -2.31. The lowest BCUT2D eigenvalue weighted by Gasteiger charge is -2.19. The van der Waals surface area contributed by atoms with E-state index in [0.29, 0.717) is 0 Å². The van der Waals surface area contributed by atoms with Crippen LogP contribution < -0.4 is 5.32 Å². The Morgan fingerprint density at radius 3 is 2.38 bits per heavy atom. The third-order valence-electron chi connectivity index (χ3n) is 2.22. The minimum Gasteiger partial charge on any atom is -0.317 e. The van der Waals surface area contributed by atoms with E-state index in [1.165, 1.54) is 19.1 Å². The van der Waals surface area contributed by atoms with Gasteiger partial charge in [0.1, 0.15) is 0 Å². The van der Waals surface area contributed by atoms with Gasteiger partial charge < -0.3 is 5.32 Å². The highest BCUT2D eigenvalue weighted by Crippen LogP contribution is 2.12. The zero-order valence-electron chi connectivity index (χ0n) is 7.88. The molecule has 0 saturated carbocycles. The summed E-state index contributed by atoms with van der Waals surface area (Å²) in [6.07, 6.45) is 4.55. The van der Waals surface area contributed by atoms with Crippen molar-refractivity contribution in [3.05, 3.63) is 12.2 Å². The van der Waals surface area contributed by atoms with Gasteiger partial charge >= 0.3 is 0 Å². The maximum atomic E-state index is 11.4. The van der Waals surface area contributed by atoms with Crippen molar-refractivity contribution in [2.45, 2.75) is 19.8 Å². The number of hydrogen-bond donors (Lipinski definition) is 1. The fraction of sp³-hybridized carbons (Fsp3) is 0.600. The van der Waals surface area contributed by atoms with Crippen molar-refractivity contribution < 1.29 is 9.59 Å². The number of ketones is 2. The Morgan fingerprint density at radius 1 is 1.23 bits per heavy atom. The molecule has 0 aromatic rings. The minimum absolute atomic E-state index is 0.0673. The fourth-order valence-corrected chi connectivity index (χ4v) is 1.44. The Labute approximate surface area is 78.2 Å². The van der Waals surface area contributed by atoms with E-state index in [9.17, 15) is 9.59 Å². The second kappa shape index (κ2) is 4.92. The van der Waals surface area contributed by atoms with Gasteiger partial charge in [-0.2, -0.15) is 0 Å². The molecule has 0 unspecified atom stereocenters. The molecule has 0 aromatic heterocycles. The first-order chi connectivity index (χ1) is 6.20. The van der Waals surface area contributed by atoms with Crippen molar-refractivity contribution in [3.8, 4) is 0 Å². The van der Waals surface area contributed by atoms with E-state index in [0.717, 1.165) is 25.9 Å². The predicted octanol–water partition coefficient (Wildman–Crippen LogP) is 0.700. The summed E-state index contributed by atoms with van der Waals surface area (Å²) in [7, 11) is 0. The van der Waals surface area contributed by atoms with Crippen LogP contribution >= 0.6 is 0 Å². The number of piperidine rings is 1. The van der Waals surface area contributed by atoms with Crippen molar-refractivity contribution >= 4 is 11.6 Å². The van der Waals surface area contributed by atoms with E-state index in [-0.39, 0.29) is 17.5 Å². The zero-order chi connectivity index (χ0) is 9.68. The maximum Gasteiger partial charge on any atom is 0.158 e. The van der Waals surface area contributed by atoms with E-state index < -0.39 is 0 Å². The van der Waals surface area contributed by atoms with Crippen LogP contribution in [0.2, 0.25) is 0 Å². The Bertz CT molecular complexity index is 227. The second-order valence-corrected chi connectivity index (χ2v) is 3.37. The van der Waals surface area contributed by atoms with E-state index >= 15 is 0 Å². The molecule has 3 heteroatoms. The van der Waals surface area contributed by atoms with Gasteiger partial charge in [-0.1, -0.05) is 0 Å². The first-order valence-corrected chi connectivity index (χ1v) is 4.63. The van der Waals surface area contributed by atoms with Crippen LogP contribution in [0.15, 0.2) is 12.2 Å². The summed E-state index contributed by atoms with van der Waals surface area (Å²) >= 11 is 0. The quantitative estimate of drug-likeness (QED) is 0.652. The molecule has 1 rings (SSSR count). The van der Waals surface area contributed by atoms with Gasteiger partial charge in [-0.25, -0.2) is 0 Å². The molecule has 1 fully saturated rings. The molecule has 0 aliphatic carbocycles. The van der Waals surface area contributed by atoms with Crippen LogP contribution in [0.5, 0.6) is 0 Å². The average molecular weight is 181 g/mol. The van der Waals surface area contributed by atoms with Gasteiger partial charge in [-0.15, -0.1) is 0 Å². The monoisotopic (exact) mass is 181 g/mol. The Kier molecular flexibility index (Phi) is 3.83. The largest absolute Gasteiger partial charge is 0.317 e. The number of rotatable bonds is 3. The summed E-state index contributed by atoms with van der Waals surface area (Å²) in [5, 5.41) is 3.19. The Hall–Kier alpha value is -0.960. The summed E-state index contributed by atoms with van der Waals surface area (Å²) in [6.45, 7) is 3.26. The molecule has 1 aliphatic heterocycles. The van der Waals surface area contributed by atoms with Crippen molar-refractivity contribution in [2.75, 3.05) is 13.1 Å². The lowest BCUT2D eigenvalue weighted by molar-refractivity contribution is -0.119. The van der Waals surface area contributed by atoms with E-state index in [4.69, 9.17) is 0 Å². The molecule has 0 radical (unpaired) electrons. The van der Waals surface area contributed by atoms with Gasteiger partial charge in [-0.05, 0) is 45.0 Å². The molecular formula is C10H15NO2. The van der Waals surface area contributed by atoms with Crippen molar-refractivity contribution in [3.63, 3.8) is 0 Å². The summed E-state index contributed by atoms with van der Waals surface area (Å²) in [5.41, 5.74) is 0. The summed E-state index contributed by atoms with van der Waals surface area (Å²) in [4.78, 5) is 22.0. The average Bonchev–Trinajstić information content (AvgIpc) is 2.15. The maximum absolute atomic E-state index is 11.4. The van der Waals surface area contributed by atoms with E-state index in [1.807, 2.05) is 0 Å². The molecule has 0 aromatic carbocycles. The summed E-state index contributed by atoms with van der Waals surface area (Å²) in [6, 6.07) is 0. The van der Waals surface area contributed by atoms with E-state index in [2.05, 4.69) is 5.32 Å². The second-order valence-electron chi connectivity index (χ2n) is 3.37. The molecule has 0 bridgehead atoms. The Morgan fingerprint density at radius 2 is 1.85 bits per heavy atom. The van der Waals surface area contributed by atoms with Crippen LogP contribution in [0.1, 0.15) is 19.8 Å². The summed E-state index contributed by atoms with van der Waals surface area (Å²) in [5.74, 6) is 0.149. The molecule has 1 saturated heterocycles. The third-order valence-corrected chi connectivity index (χ3v) is 2.22. The van der Waals surface area contributed by atoms with Crippen molar-refractivity contribution in [1.82, 2.24) is 5.32 Å². The molecule has 3 nitrogen and oxygen atoms in total. The normalized spacial score (nSPS) is 19.2. The molecule has 1 heterocycles. The van der Waals surface area contributed by atoms with Gasteiger partial charge in [0.2, 0.25) is 0 Å². The molecule has 0 amide bonds. The molecule has 1 aliphatic rings. The van der Waals surface area contributed by atoms with Crippen LogP contribution in [0.25, 0.3) is 0 Å². The first-order valence-electron chi connectivity index (χ1n) is 4.63. The number of carbonyl (C=O) groups is 2. The molecule has 13 heavy (non-hydrogen) atoms. The summed E-state index contributed by atoms with van der Waals surface area (Å²) < 4.78 is 0. The number of allylic oxidation sites excluding steroid dienone is 2. The highest BCUT2D eigenvalue weighted by atomic mass is 16.1. The SMILES string of the molecule is CC(=O)C=CC(=O)C1CCNCC1. The van der Waals surface area contributed by atoms with Gasteiger partial charge in [0.25, 0.3) is 0 Å². The smallest absolute Gasteiger partial charge is 0.158 e. The van der Waals surface area contributed by atoms with Gasteiger partial charge in [0.15, 0.2) is 11.6 Å². The van der Waals surface area contributed by atoms with Gasteiger partial charge in [0.05, 0.1) is 0 Å². The molecular weight excluding hydrogens is 166 g/mol. The van der Waals surface area contributed by atoms with Crippen LogP contribution in [0.4, 0.5) is 0 Å². The molecule has 1 N–H and O–H groups in total. The van der Waals surface area contributed by atoms with Crippen molar-refractivity contribution in [1.29, 1.82) is 0 Å². The standard InChI is InChI=1S/C10H15NO2/c1-8(12)2-3-10(13)9-4-6-11-7-5-9/h2-3,9,11H,4-7H2,1H3. The Balaban J connectivity index is 2.41. The number of hydrogen-bond acceptors (Lipinski definition) is 3. The highest BCUT2D eigenvalue weighted by molar-refractivity contribution is 5.98. The number of carbonyl (C=O) groups excluding carboxylic acids is 2.